The summed E-state index contributed by atoms with van der Waals surface area (Å²) in [5, 5.41) is 0. The molecular formula is C11H21O4P. The Balaban J connectivity index is 3.56. The lowest BCUT2D eigenvalue weighted by molar-refractivity contribution is -0.153. The van der Waals surface area contributed by atoms with Gasteiger partial charge in [0, 0.05) is 14.4 Å². The van der Waals surface area contributed by atoms with Crippen molar-refractivity contribution in [1.29, 1.82) is 0 Å². The SMILES string of the molecule is CCCOCC[P+]([O-])=CCC(=O)OCCC. The highest BCUT2D eigenvalue weighted by Crippen LogP contribution is 2.09. The topological polar surface area (TPSA) is 58.6 Å². The maximum Gasteiger partial charge on any atom is 0.313 e. The fourth-order valence-corrected chi connectivity index (χ4v) is 1.79. The van der Waals surface area contributed by atoms with Crippen LogP contribution in [0.25, 0.3) is 0 Å². The standard InChI is InChI=1S/C11H21O4P/c1-3-6-14-8-10-16(13)9-5-11(12)15-7-4-2/h9H,3-8,10H2,1-2H3. The molecule has 0 radical (unpaired) electrons. The molecule has 0 bridgehead atoms. The Bertz CT molecular complexity index is 216. The quantitative estimate of drug-likeness (QED) is 0.351. The van der Waals surface area contributed by atoms with Crippen LogP contribution in [0.15, 0.2) is 0 Å². The van der Waals surface area contributed by atoms with E-state index < -0.39 is 7.77 Å². The largest absolute Gasteiger partial charge is 0.631 e. The molecule has 0 saturated carbocycles. The summed E-state index contributed by atoms with van der Waals surface area (Å²) in [5.41, 5.74) is 0. The summed E-state index contributed by atoms with van der Waals surface area (Å²) in [5.74, 6) is 1.21. The molecule has 5 heteroatoms. The van der Waals surface area contributed by atoms with Gasteiger partial charge in [0.1, 0.15) is 12.6 Å². The van der Waals surface area contributed by atoms with Crippen LogP contribution in [0.5, 0.6) is 0 Å². The van der Waals surface area contributed by atoms with Gasteiger partial charge in [0.2, 0.25) is 0 Å². The van der Waals surface area contributed by atoms with Gasteiger partial charge in [-0.15, -0.1) is 0 Å². The minimum absolute atomic E-state index is 0.128. The van der Waals surface area contributed by atoms with E-state index in [4.69, 9.17) is 9.47 Å². The van der Waals surface area contributed by atoms with Crippen molar-refractivity contribution >= 4 is 19.5 Å². The molecule has 0 rings (SSSR count). The highest BCUT2D eigenvalue weighted by molar-refractivity contribution is 7.50. The van der Waals surface area contributed by atoms with E-state index in [1.54, 1.807) is 0 Å². The third-order valence-electron chi connectivity index (χ3n) is 1.73. The van der Waals surface area contributed by atoms with Gasteiger partial charge in [-0.2, -0.15) is 0 Å². The molecule has 0 aliphatic heterocycles. The van der Waals surface area contributed by atoms with Crippen molar-refractivity contribution in [3.05, 3.63) is 0 Å². The van der Waals surface area contributed by atoms with Gasteiger partial charge in [-0.05, 0) is 12.8 Å². The number of hydrogen-bond acceptors (Lipinski definition) is 4. The predicted molar refractivity (Wildman–Crippen MR) is 64.8 cm³/mol. The van der Waals surface area contributed by atoms with Gasteiger partial charge in [-0.3, -0.25) is 4.79 Å². The Labute approximate surface area is 98.4 Å². The first kappa shape index (κ1) is 15.6. The lowest BCUT2D eigenvalue weighted by Crippen LogP contribution is -2.08. The highest BCUT2D eigenvalue weighted by Gasteiger charge is 2.03. The molecule has 0 aromatic rings. The predicted octanol–water partition coefficient (Wildman–Crippen LogP) is 1.32. The zero-order valence-corrected chi connectivity index (χ0v) is 11.0. The van der Waals surface area contributed by atoms with E-state index in [1.807, 2.05) is 13.8 Å². The van der Waals surface area contributed by atoms with E-state index in [-0.39, 0.29) is 12.4 Å². The van der Waals surface area contributed by atoms with Crippen LogP contribution in [0, 0.1) is 0 Å². The van der Waals surface area contributed by atoms with Crippen molar-refractivity contribution in [1.82, 2.24) is 0 Å². The summed E-state index contributed by atoms with van der Waals surface area (Å²) in [6.07, 6.45) is 2.38. The molecule has 94 valence electrons. The molecule has 0 saturated heterocycles. The average molecular weight is 248 g/mol. The lowest BCUT2D eigenvalue weighted by atomic mass is 10.5. The molecule has 0 amide bonds. The van der Waals surface area contributed by atoms with Crippen molar-refractivity contribution in [2.24, 2.45) is 0 Å². The second kappa shape index (κ2) is 11.1. The number of ether oxygens (including phenoxy) is 2. The third-order valence-corrected chi connectivity index (χ3v) is 2.95. The molecule has 0 N–H and O–H groups in total. The van der Waals surface area contributed by atoms with Gasteiger partial charge < -0.3 is 14.4 Å². The Morgan fingerprint density at radius 2 is 1.94 bits per heavy atom. The second-order valence-electron chi connectivity index (χ2n) is 3.36. The molecule has 0 spiro atoms. The molecule has 1 unspecified atom stereocenters. The molecule has 16 heavy (non-hydrogen) atoms. The number of carbonyl (C=O) groups excluding carboxylic acids is 1. The Hall–Kier alpha value is -0.440. The van der Waals surface area contributed by atoms with Crippen molar-refractivity contribution in [2.75, 3.05) is 26.0 Å². The average Bonchev–Trinajstić information content (AvgIpc) is 2.29. The summed E-state index contributed by atoms with van der Waals surface area (Å²) < 4.78 is 10.1. The Morgan fingerprint density at radius 1 is 1.25 bits per heavy atom. The Morgan fingerprint density at radius 3 is 2.56 bits per heavy atom. The number of esters is 1. The van der Waals surface area contributed by atoms with Gasteiger partial charge in [0.05, 0.1) is 19.0 Å². The molecule has 0 heterocycles. The van der Waals surface area contributed by atoms with E-state index in [0.717, 1.165) is 12.8 Å². The minimum Gasteiger partial charge on any atom is -0.631 e. The lowest BCUT2D eigenvalue weighted by Gasteiger charge is -2.01. The third kappa shape index (κ3) is 10.1. The fraction of sp³-hybridized carbons (Fsp3) is 0.818. The van der Waals surface area contributed by atoms with E-state index in [2.05, 4.69) is 0 Å². The molecule has 0 fully saturated rings. The van der Waals surface area contributed by atoms with Crippen molar-refractivity contribution < 1.29 is 19.2 Å². The van der Waals surface area contributed by atoms with Crippen LogP contribution in [-0.2, 0) is 14.3 Å². The molecule has 4 nitrogen and oxygen atoms in total. The van der Waals surface area contributed by atoms with Gasteiger partial charge in [-0.25, -0.2) is 0 Å². The van der Waals surface area contributed by atoms with E-state index in [9.17, 15) is 9.69 Å². The molecule has 0 aromatic heterocycles. The summed E-state index contributed by atoms with van der Waals surface area (Å²) in [7, 11) is -1.45. The number of hydrogen-bond donors (Lipinski definition) is 0. The highest BCUT2D eigenvalue weighted by atomic mass is 31.1. The van der Waals surface area contributed by atoms with Crippen molar-refractivity contribution in [3.63, 3.8) is 0 Å². The molecule has 1 atom stereocenters. The van der Waals surface area contributed by atoms with Gasteiger partial charge in [0.15, 0.2) is 0 Å². The van der Waals surface area contributed by atoms with Crippen LogP contribution < -0.4 is 4.89 Å². The smallest absolute Gasteiger partial charge is 0.313 e. The summed E-state index contributed by atoms with van der Waals surface area (Å²) in [6, 6.07) is 0. The van der Waals surface area contributed by atoms with Crippen molar-refractivity contribution in [2.45, 2.75) is 33.1 Å². The summed E-state index contributed by atoms with van der Waals surface area (Å²) in [6.45, 7) is 5.58. The maximum atomic E-state index is 11.4. The van der Waals surface area contributed by atoms with Crippen LogP contribution >= 0.6 is 7.77 Å². The van der Waals surface area contributed by atoms with E-state index in [0.29, 0.717) is 26.0 Å². The monoisotopic (exact) mass is 248 g/mol. The van der Waals surface area contributed by atoms with Crippen molar-refractivity contribution in [3.8, 4) is 0 Å². The zero-order chi connectivity index (χ0) is 12.2. The fourth-order valence-electron chi connectivity index (χ4n) is 0.943. The van der Waals surface area contributed by atoms with Gasteiger partial charge in [-0.1, -0.05) is 13.8 Å². The van der Waals surface area contributed by atoms with Crippen LogP contribution in [0.3, 0.4) is 0 Å². The summed E-state index contributed by atoms with van der Waals surface area (Å²) >= 11 is 0. The Kier molecular flexibility index (Phi) is 10.8. The second-order valence-corrected chi connectivity index (χ2v) is 5.01. The van der Waals surface area contributed by atoms with Crippen LogP contribution in [-0.4, -0.2) is 37.7 Å². The van der Waals surface area contributed by atoms with Crippen LogP contribution in [0.1, 0.15) is 33.1 Å². The molecule has 0 aliphatic rings. The van der Waals surface area contributed by atoms with Gasteiger partial charge in [0.25, 0.3) is 0 Å². The van der Waals surface area contributed by atoms with Crippen LogP contribution in [0.4, 0.5) is 0 Å². The molecule has 0 aromatic carbocycles. The summed E-state index contributed by atoms with van der Waals surface area (Å²) in [4.78, 5) is 22.5. The first-order chi connectivity index (χ1) is 7.70. The first-order valence-electron chi connectivity index (χ1n) is 5.71. The minimum atomic E-state index is -1.45. The van der Waals surface area contributed by atoms with E-state index in [1.165, 1.54) is 5.80 Å². The van der Waals surface area contributed by atoms with Gasteiger partial charge >= 0.3 is 5.97 Å². The molecular weight excluding hydrogens is 227 g/mol. The number of rotatable bonds is 9. The first-order valence-corrected chi connectivity index (χ1v) is 7.22. The number of carbonyl (C=O) groups is 1. The van der Waals surface area contributed by atoms with E-state index >= 15 is 0 Å². The van der Waals surface area contributed by atoms with Crippen LogP contribution in [0.2, 0.25) is 0 Å². The normalized spacial score (nSPS) is 11.6. The molecule has 0 aliphatic carbocycles. The maximum absolute atomic E-state index is 11.4. The zero-order valence-electron chi connectivity index (χ0n) is 10.1.